The second-order valence-electron chi connectivity index (χ2n) is 16.4. The number of nitrogens with one attached hydrogen (secondary N) is 3. The number of rotatable bonds is 8. The summed E-state index contributed by atoms with van der Waals surface area (Å²) >= 11 is 0. The van der Waals surface area contributed by atoms with E-state index in [1.165, 1.54) is 0 Å². The third kappa shape index (κ3) is 7.05. The molecule has 0 radical (unpaired) electrons. The first kappa shape index (κ1) is 39.7. The number of amidine groups is 4. The summed E-state index contributed by atoms with van der Waals surface area (Å²) in [6, 6.07) is 55.1. The van der Waals surface area contributed by atoms with Crippen molar-refractivity contribution in [3.8, 4) is 40.2 Å². The van der Waals surface area contributed by atoms with E-state index < -0.39 is 5.79 Å². The number of aliphatic hydroxyl groups is 1. The molecule has 4 N–H and O–H groups in total. The minimum atomic E-state index is -2.00. The highest BCUT2D eigenvalue weighted by Gasteiger charge is 2.38. The Morgan fingerprint density at radius 3 is 1.68 bits per heavy atom. The normalized spacial score (nSPS) is 16.0. The standard InChI is InChI=1S/C56H36N8O5/c65-56(69-36-23-11-4-12-24-36)32-16-28-40-47(56)55-63-50-39-27-15-31-43(68-35-21-9-3-10-22-35)46(39)53(61-50)59-48-37-25-13-29-41(66-33-17-5-1-6-18-33)44(37)52(57-48)58-49-38-26-14-30-42(67-34-19-7-2-8-20-34)45(38)54(60-49)62-51(40)64-55/h1-32,57,65H,(H,59,61,63)(H,58,60,62,64). The van der Waals surface area contributed by atoms with Crippen LogP contribution in [0.1, 0.15) is 27.8 Å². The minimum absolute atomic E-state index is 0.257. The summed E-state index contributed by atoms with van der Waals surface area (Å²) in [5.74, 6) is 4.76. The van der Waals surface area contributed by atoms with E-state index >= 15 is 0 Å². The Kier molecular flexibility index (Phi) is 9.26. The van der Waals surface area contributed by atoms with Crippen LogP contribution in [0, 0.1) is 0 Å². The van der Waals surface area contributed by atoms with Crippen molar-refractivity contribution in [1.82, 2.24) is 9.97 Å². The van der Waals surface area contributed by atoms with Crippen LogP contribution >= 0.6 is 0 Å². The number of nitrogens with zero attached hydrogens (tertiary/aromatic N) is 5. The Morgan fingerprint density at radius 1 is 0.464 bits per heavy atom. The number of anilines is 1. The van der Waals surface area contributed by atoms with Crippen molar-refractivity contribution in [3.63, 3.8) is 0 Å². The fraction of sp³-hybridized carbons (Fsp3) is 0.0179. The molecule has 1 aliphatic carbocycles. The van der Waals surface area contributed by atoms with E-state index in [1.807, 2.05) is 170 Å². The highest BCUT2D eigenvalue weighted by Crippen LogP contribution is 2.44. The number of hydrogen-bond acceptors (Lipinski definition) is 11. The lowest BCUT2D eigenvalue weighted by atomic mass is 10.0. The number of aromatic amines is 2. The molecule has 0 amide bonds. The summed E-state index contributed by atoms with van der Waals surface area (Å²) in [4.78, 5) is 33.2. The molecule has 7 aromatic carbocycles. The molecule has 13 heteroatoms. The van der Waals surface area contributed by atoms with Crippen molar-refractivity contribution < 1.29 is 24.1 Å². The molecule has 330 valence electrons. The number of para-hydroxylation sites is 4. The molecule has 0 fully saturated rings. The van der Waals surface area contributed by atoms with Gasteiger partial charge in [-0.2, -0.15) is 0 Å². The van der Waals surface area contributed by atoms with Crippen molar-refractivity contribution in [2.75, 3.05) is 5.32 Å². The third-order valence-electron chi connectivity index (χ3n) is 12.0. The van der Waals surface area contributed by atoms with Gasteiger partial charge in [0.1, 0.15) is 69.0 Å². The molecule has 8 bridgehead atoms. The molecule has 9 aromatic rings. The molecule has 0 saturated carbocycles. The molecule has 4 aliphatic rings. The van der Waals surface area contributed by atoms with Crippen molar-refractivity contribution in [2.45, 2.75) is 5.79 Å². The Labute approximate surface area is 393 Å². The van der Waals surface area contributed by atoms with Gasteiger partial charge in [0.05, 0.1) is 22.1 Å². The van der Waals surface area contributed by atoms with Crippen LogP contribution in [0.15, 0.2) is 213 Å². The first-order valence-corrected chi connectivity index (χ1v) is 22.2. The summed E-state index contributed by atoms with van der Waals surface area (Å²) < 4.78 is 26.2. The smallest absolute Gasteiger partial charge is 0.259 e. The Hall–Kier alpha value is -9.59. The lowest BCUT2D eigenvalue weighted by Crippen LogP contribution is -2.40. The van der Waals surface area contributed by atoms with Crippen molar-refractivity contribution >= 4 is 57.6 Å². The molecule has 3 aliphatic heterocycles. The van der Waals surface area contributed by atoms with Crippen LogP contribution in [0.3, 0.4) is 0 Å². The summed E-state index contributed by atoms with van der Waals surface area (Å²) in [6.45, 7) is 0. The fourth-order valence-corrected chi connectivity index (χ4v) is 8.94. The summed E-state index contributed by atoms with van der Waals surface area (Å²) in [5, 5.41) is 18.3. The molecule has 0 spiro atoms. The average molecular weight is 901 g/mol. The van der Waals surface area contributed by atoms with Crippen molar-refractivity contribution in [1.29, 1.82) is 0 Å². The van der Waals surface area contributed by atoms with Crippen LogP contribution in [0.25, 0.3) is 16.8 Å². The van der Waals surface area contributed by atoms with E-state index in [1.54, 1.807) is 24.3 Å². The van der Waals surface area contributed by atoms with Crippen molar-refractivity contribution in [2.24, 2.45) is 25.0 Å². The molecule has 5 heterocycles. The fourth-order valence-electron chi connectivity index (χ4n) is 8.94. The van der Waals surface area contributed by atoms with Gasteiger partial charge in [0, 0.05) is 21.7 Å². The first-order valence-electron chi connectivity index (χ1n) is 22.2. The number of hydrogen-bond donors (Lipinski definition) is 4. The molecule has 69 heavy (non-hydrogen) atoms. The second kappa shape index (κ2) is 16.1. The SMILES string of the molecule is OC1(Oc2ccccc2)C=CC=c2c1c1[nH]c2=NC2=NC(=Nc3[nH]c(c4cccc(Oc5ccccc5)c34)NC3=NC(=N1)c1cccc(Oc4ccccc4)c13)c1cccc(Oc3ccccc3)c12. The van der Waals surface area contributed by atoms with Crippen LogP contribution in [0.5, 0.6) is 40.2 Å². The molecule has 13 nitrogen and oxygen atoms in total. The van der Waals surface area contributed by atoms with Gasteiger partial charge in [0.15, 0.2) is 17.5 Å². The van der Waals surface area contributed by atoms with Crippen LogP contribution in [0.4, 0.5) is 17.5 Å². The number of allylic oxidation sites excluding steroid dienone is 1. The molecule has 1 atom stereocenters. The number of ether oxygens (including phenoxy) is 4. The van der Waals surface area contributed by atoms with Gasteiger partial charge in [-0.25, -0.2) is 25.0 Å². The zero-order valence-corrected chi connectivity index (χ0v) is 36.3. The van der Waals surface area contributed by atoms with E-state index in [0.717, 1.165) is 5.39 Å². The quantitative estimate of drug-likeness (QED) is 0.111. The highest BCUT2D eigenvalue weighted by atomic mass is 16.6. The molecule has 0 saturated heterocycles. The van der Waals surface area contributed by atoms with Gasteiger partial charge < -0.3 is 39.3 Å². The maximum Gasteiger partial charge on any atom is 0.259 e. The topological polar surface area (TPSA) is 163 Å². The molecule has 2 aromatic heterocycles. The second-order valence-corrected chi connectivity index (χ2v) is 16.4. The number of benzene rings is 7. The maximum absolute atomic E-state index is 12.7. The Balaban J connectivity index is 1.09. The van der Waals surface area contributed by atoms with Gasteiger partial charge >= 0.3 is 0 Å². The number of aromatic nitrogens is 2. The molecule has 13 rings (SSSR count). The molecular formula is C56H36N8O5. The van der Waals surface area contributed by atoms with Gasteiger partial charge in [-0.3, -0.25) is 0 Å². The minimum Gasteiger partial charge on any atom is -0.457 e. The summed E-state index contributed by atoms with van der Waals surface area (Å²) in [6.07, 6.45) is 5.17. The maximum atomic E-state index is 12.7. The van der Waals surface area contributed by atoms with Gasteiger partial charge in [0.25, 0.3) is 5.79 Å². The van der Waals surface area contributed by atoms with E-state index in [-0.39, 0.29) is 5.82 Å². The van der Waals surface area contributed by atoms with Crippen LogP contribution < -0.4 is 35.0 Å². The summed E-state index contributed by atoms with van der Waals surface area (Å²) in [7, 11) is 0. The van der Waals surface area contributed by atoms with Crippen LogP contribution in [-0.4, -0.2) is 38.4 Å². The monoisotopic (exact) mass is 900 g/mol. The number of H-pyrrole nitrogens is 2. The number of aliphatic imine (C=N–C) groups is 4. The zero-order chi connectivity index (χ0) is 45.9. The number of fused-ring (bicyclic) bond motifs is 18. The largest absolute Gasteiger partial charge is 0.457 e. The van der Waals surface area contributed by atoms with Crippen molar-refractivity contribution in [3.05, 3.63) is 227 Å². The van der Waals surface area contributed by atoms with E-state index in [0.29, 0.717) is 119 Å². The van der Waals surface area contributed by atoms with E-state index in [9.17, 15) is 5.11 Å². The summed E-state index contributed by atoms with van der Waals surface area (Å²) in [5.41, 5.74) is 3.30. The lowest BCUT2D eigenvalue weighted by molar-refractivity contribution is -0.102. The van der Waals surface area contributed by atoms with Crippen LogP contribution in [0.2, 0.25) is 0 Å². The Bertz CT molecular complexity index is 3820. The zero-order valence-electron chi connectivity index (χ0n) is 36.3. The van der Waals surface area contributed by atoms with Gasteiger partial charge in [0.2, 0.25) is 0 Å². The molecular weight excluding hydrogens is 865 g/mol. The molecule has 1 unspecified atom stereocenters. The predicted molar refractivity (Wildman–Crippen MR) is 266 cm³/mol. The van der Waals surface area contributed by atoms with Gasteiger partial charge in [-0.15, -0.1) is 0 Å². The average Bonchev–Trinajstić information content (AvgIpc) is 4.12. The Morgan fingerprint density at radius 2 is 1.01 bits per heavy atom. The lowest BCUT2D eigenvalue weighted by Gasteiger charge is -2.27. The van der Waals surface area contributed by atoms with Gasteiger partial charge in [-0.1, -0.05) is 121 Å². The third-order valence-corrected chi connectivity index (χ3v) is 12.0. The highest BCUT2D eigenvalue weighted by molar-refractivity contribution is 6.29. The van der Waals surface area contributed by atoms with E-state index in [4.69, 9.17) is 43.9 Å². The van der Waals surface area contributed by atoms with Crippen LogP contribution in [-0.2, 0) is 5.79 Å². The van der Waals surface area contributed by atoms with E-state index in [2.05, 4.69) is 15.3 Å². The predicted octanol–water partition coefficient (Wildman–Crippen LogP) is 10.9. The van der Waals surface area contributed by atoms with Gasteiger partial charge in [-0.05, 0) is 72.8 Å². The first-order chi connectivity index (χ1) is 34.0.